The highest BCUT2D eigenvalue weighted by Crippen LogP contribution is 2.25. The predicted molar refractivity (Wildman–Crippen MR) is 61.9 cm³/mol. The van der Waals surface area contributed by atoms with Gasteiger partial charge in [0.1, 0.15) is 11.2 Å². The van der Waals surface area contributed by atoms with E-state index in [1.165, 1.54) is 12.1 Å². The highest BCUT2D eigenvalue weighted by Gasteiger charge is 2.08. The molecule has 1 aliphatic carbocycles. The van der Waals surface area contributed by atoms with Gasteiger partial charge in [-0.05, 0) is 24.3 Å². The molecule has 3 nitrogen and oxygen atoms in total. The summed E-state index contributed by atoms with van der Waals surface area (Å²) < 4.78 is 5.56. The smallest absolute Gasteiger partial charge is 0.182 e. The monoisotopic (exact) mass is 231 g/mol. The first-order valence-corrected chi connectivity index (χ1v) is 5.10. The van der Waals surface area contributed by atoms with E-state index in [4.69, 9.17) is 16.0 Å². The van der Waals surface area contributed by atoms with Gasteiger partial charge in [-0.1, -0.05) is 11.6 Å². The lowest BCUT2D eigenvalue weighted by Crippen LogP contribution is -1.99. The van der Waals surface area contributed by atoms with Crippen LogP contribution in [0.25, 0.3) is 22.6 Å². The minimum atomic E-state index is -0.0978. The van der Waals surface area contributed by atoms with Gasteiger partial charge in [-0.25, -0.2) is 4.98 Å². The molecule has 1 aromatic rings. The van der Waals surface area contributed by atoms with E-state index in [1.807, 2.05) is 0 Å². The van der Waals surface area contributed by atoms with Crippen molar-refractivity contribution in [1.29, 1.82) is 0 Å². The molecule has 1 heterocycles. The van der Waals surface area contributed by atoms with Crippen molar-refractivity contribution in [2.24, 2.45) is 0 Å². The first kappa shape index (κ1) is 9.36. The maximum atomic E-state index is 11.2. The largest absolute Gasteiger partial charge is 0.453 e. The van der Waals surface area contributed by atoms with Gasteiger partial charge in [-0.2, -0.15) is 0 Å². The minimum Gasteiger partial charge on any atom is -0.453 e. The molecule has 2 aliphatic rings. The Balaban J connectivity index is 2.46. The molecule has 3 rings (SSSR count). The molecule has 0 atom stereocenters. The Kier molecular flexibility index (Phi) is 1.94. The Hall–Kier alpha value is -1.87. The van der Waals surface area contributed by atoms with Gasteiger partial charge in [0.05, 0.1) is 0 Å². The predicted octanol–water partition coefficient (Wildman–Crippen LogP) is 2.95. The van der Waals surface area contributed by atoms with Crippen LogP contribution in [0, 0.1) is 0 Å². The molecular formula is C12H6ClNO2. The molecule has 0 spiro atoms. The molecule has 0 amide bonds. The third kappa shape index (κ3) is 1.46. The summed E-state index contributed by atoms with van der Waals surface area (Å²) in [6.45, 7) is 0. The molecule has 0 saturated heterocycles. The van der Waals surface area contributed by atoms with E-state index in [0.717, 1.165) is 5.52 Å². The van der Waals surface area contributed by atoms with Crippen LogP contribution in [0.5, 0.6) is 0 Å². The van der Waals surface area contributed by atoms with E-state index >= 15 is 0 Å². The van der Waals surface area contributed by atoms with Gasteiger partial charge < -0.3 is 4.42 Å². The summed E-state index contributed by atoms with van der Waals surface area (Å²) in [5.74, 6) is 0.474. The van der Waals surface area contributed by atoms with Gasteiger partial charge in [0, 0.05) is 17.2 Å². The third-order valence-corrected chi connectivity index (χ3v) is 2.55. The zero-order valence-corrected chi connectivity index (χ0v) is 8.86. The first-order chi connectivity index (χ1) is 7.72. The Labute approximate surface area is 95.6 Å². The lowest BCUT2D eigenvalue weighted by Gasteiger charge is -2.04. The maximum Gasteiger partial charge on any atom is 0.182 e. The Morgan fingerprint density at radius 3 is 2.88 bits per heavy atom. The van der Waals surface area contributed by atoms with Crippen molar-refractivity contribution in [3.05, 3.63) is 51.6 Å². The first-order valence-electron chi connectivity index (χ1n) is 4.72. The van der Waals surface area contributed by atoms with Crippen molar-refractivity contribution in [3.8, 4) is 11.5 Å². The second kappa shape index (κ2) is 3.32. The Morgan fingerprint density at radius 2 is 2.00 bits per heavy atom. The van der Waals surface area contributed by atoms with Crippen LogP contribution >= 0.6 is 11.6 Å². The normalized spacial score (nSPS) is 11.1. The molecule has 0 aromatic heterocycles. The average Bonchev–Trinajstić information content (AvgIpc) is 2.26. The number of rotatable bonds is 0. The summed E-state index contributed by atoms with van der Waals surface area (Å²) in [5, 5.41) is 0.579. The molecule has 78 valence electrons. The molecule has 1 aromatic carbocycles. The molecule has 0 radical (unpaired) electrons. The fraction of sp³-hybridized carbons (Fsp3) is 0. The molecule has 1 aliphatic heterocycles. The Bertz CT molecular complexity index is 705. The quantitative estimate of drug-likeness (QED) is 0.559. The van der Waals surface area contributed by atoms with E-state index in [9.17, 15) is 4.79 Å². The van der Waals surface area contributed by atoms with Crippen LogP contribution in [0.15, 0.2) is 45.6 Å². The van der Waals surface area contributed by atoms with Crippen LogP contribution in [0.2, 0.25) is 5.02 Å². The van der Waals surface area contributed by atoms with E-state index in [1.54, 1.807) is 24.3 Å². The van der Waals surface area contributed by atoms with Gasteiger partial charge in [0.15, 0.2) is 16.8 Å². The van der Waals surface area contributed by atoms with E-state index in [0.29, 0.717) is 22.1 Å². The van der Waals surface area contributed by atoms with Gasteiger partial charge in [-0.3, -0.25) is 4.79 Å². The number of aromatic nitrogens is 1. The second-order valence-electron chi connectivity index (χ2n) is 3.46. The number of halogens is 1. The van der Waals surface area contributed by atoms with Crippen LogP contribution in [-0.2, 0) is 0 Å². The van der Waals surface area contributed by atoms with Gasteiger partial charge in [-0.15, -0.1) is 0 Å². The number of fused-ring (bicyclic) bond motifs is 2. The summed E-state index contributed by atoms with van der Waals surface area (Å²) in [7, 11) is 0. The molecule has 16 heavy (non-hydrogen) atoms. The van der Waals surface area contributed by atoms with E-state index in [2.05, 4.69) is 4.98 Å². The lowest BCUT2D eigenvalue weighted by atomic mass is 10.2. The summed E-state index contributed by atoms with van der Waals surface area (Å²) in [6.07, 6.45) is 0. The minimum absolute atomic E-state index is 0.0978. The molecule has 0 unspecified atom stereocenters. The highest BCUT2D eigenvalue weighted by atomic mass is 35.5. The zero-order chi connectivity index (χ0) is 11.1. The van der Waals surface area contributed by atoms with E-state index in [-0.39, 0.29) is 5.43 Å². The summed E-state index contributed by atoms with van der Waals surface area (Å²) >= 11 is 5.85. The van der Waals surface area contributed by atoms with Crippen molar-refractivity contribution in [3.63, 3.8) is 0 Å². The van der Waals surface area contributed by atoms with Gasteiger partial charge in [0.25, 0.3) is 0 Å². The van der Waals surface area contributed by atoms with Crippen LogP contribution in [0.3, 0.4) is 0 Å². The average molecular weight is 232 g/mol. The number of hydrogen-bond donors (Lipinski definition) is 0. The van der Waals surface area contributed by atoms with Crippen molar-refractivity contribution < 1.29 is 4.42 Å². The molecular weight excluding hydrogens is 226 g/mol. The second-order valence-corrected chi connectivity index (χ2v) is 3.89. The van der Waals surface area contributed by atoms with Crippen molar-refractivity contribution in [1.82, 2.24) is 4.98 Å². The molecule has 0 bridgehead atoms. The number of benzene rings is 2. The molecule has 0 fully saturated rings. The number of hydrogen-bond acceptors (Lipinski definition) is 3. The van der Waals surface area contributed by atoms with Crippen molar-refractivity contribution in [2.45, 2.75) is 0 Å². The lowest BCUT2D eigenvalue weighted by molar-refractivity contribution is 0.612. The Morgan fingerprint density at radius 1 is 1.12 bits per heavy atom. The zero-order valence-electron chi connectivity index (χ0n) is 8.11. The fourth-order valence-electron chi connectivity index (χ4n) is 1.58. The van der Waals surface area contributed by atoms with Crippen LogP contribution < -0.4 is 5.43 Å². The SMILES string of the molecule is O=c1ccc2nc3ccc(Cl)cc3oc-2c1. The van der Waals surface area contributed by atoms with Gasteiger partial charge in [0.2, 0.25) is 0 Å². The summed E-state index contributed by atoms with van der Waals surface area (Å²) in [4.78, 5) is 15.5. The van der Waals surface area contributed by atoms with Crippen LogP contribution in [-0.4, -0.2) is 4.98 Å². The molecule has 0 saturated carbocycles. The topological polar surface area (TPSA) is 43.1 Å². The molecule has 4 heteroatoms. The fourth-order valence-corrected chi connectivity index (χ4v) is 1.74. The number of nitrogens with zero attached hydrogens (tertiary/aromatic N) is 1. The third-order valence-electron chi connectivity index (χ3n) is 2.31. The van der Waals surface area contributed by atoms with Crippen molar-refractivity contribution in [2.75, 3.05) is 0 Å². The maximum absolute atomic E-state index is 11.2. The van der Waals surface area contributed by atoms with E-state index < -0.39 is 0 Å². The van der Waals surface area contributed by atoms with Gasteiger partial charge >= 0.3 is 0 Å². The highest BCUT2D eigenvalue weighted by molar-refractivity contribution is 6.31. The van der Waals surface area contributed by atoms with Crippen molar-refractivity contribution >= 4 is 22.7 Å². The standard InChI is InChI=1S/C12H6ClNO2/c13-7-1-3-9-11(5-7)16-12-6-8(15)2-4-10(12)14-9/h1-6H. The van der Waals surface area contributed by atoms with Crippen LogP contribution in [0.1, 0.15) is 0 Å². The van der Waals surface area contributed by atoms with Crippen LogP contribution in [0.4, 0.5) is 0 Å². The summed E-state index contributed by atoms with van der Waals surface area (Å²) in [6, 6.07) is 9.75. The summed E-state index contributed by atoms with van der Waals surface area (Å²) in [5.41, 5.74) is 1.86. The molecule has 0 N–H and O–H groups in total.